The van der Waals surface area contributed by atoms with Crippen LogP contribution in [0.4, 0.5) is 5.69 Å². The van der Waals surface area contributed by atoms with Gasteiger partial charge in [-0.15, -0.1) is 0 Å². The van der Waals surface area contributed by atoms with Crippen molar-refractivity contribution >= 4 is 29.4 Å². The van der Waals surface area contributed by atoms with Gasteiger partial charge in [0.2, 0.25) is 0 Å². The average molecular weight is 356 g/mol. The van der Waals surface area contributed by atoms with Crippen LogP contribution in [0.15, 0.2) is 54.6 Å². The summed E-state index contributed by atoms with van der Waals surface area (Å²) in [6.07, 6.45) is -0.764. The molecule has 26 heavy (non-hydrogen) atoms. The Morgan fingerprint density at radius 2 is 1.46 bits per heavy atom. The van der Waals surface area contributed by atoms with Gasteiger partial charge in [-0.25, -0.2) is 4.79 Å². The van der Waals surface area contributed by atoms with Crippen molar-refractivity contribution in [3.8, 4) is 0 Å². The van der Waals surface area contributed by atoms with Crippen LogP contribution < -0.4 is 10.6 Å². The molecule has 2 amide bonds. The number of anilines is 1. The second kappa shape index (κ2) is 8.43. The normalized spacial score (nSPS) is 11.2. The number of benzene rings is 2. The number of hydrogen-bond donors (Lipinski definition) is 4. The van der Waals surface area contributed by atoms with Crippen LogP contribution in [0.25, 0.3) is 0 Å². The Morgan fingerprint density at radius 1 is 0.846 bits per heavy atom. The molecule has 0 radical (unpaired) electrons. The fourth-order valence-corrected chi connectivity index (χ4v) is 2.18. The van der Waals surface area contributed by atoms with E-state index in [2.05, 4.69) is 10.6 Å². The summed E-state index contributed by atoms with van der Waals surface area (Å²) in [5, 5.41) is 22.5. The first-order valence-electron chi connectivity index (χ1n) is 7.59. The summed E-state index contributed by atoms with van der Waals surface area (Å²) in [7, 11) is 0. The molecule has 2 aromatic rings. The zero-order valence-corrected chi connectivity index (χ0v) is 13.5. The van der Waals surface area contributed by atoms with Crippen LogP contribution in [0.1, 0.15) is 27.1 Å². The highest BCUT2D eigenvalue weighted by atomic mass is 16.4. The molecule has 2 aromatic carbocycles. The highest BCUT2D eigenvalue weighted by molar-refractivity contribution is 6.09. The molecule has 134 valence electrons. The molecule has 0 saturated heterocycles. The first-order chi connectivity index (χ1) is 12.4. The van der Waals surface area contributed by atoms with Crippen molar-refractivity contribution in [3.05, 3.63) is 65.7 Å². The number of carboxylic acid groups (broad SMARTS) is 2. The largest absolute Gasteiger partial charge is 0.481 e. The lowest BCUT2D eigenvalue weighted by Gasteiger charge is -2.15. The number of nitrogens with one attached hydrogen (secondary N) is 2. The highest BCUT2D eigenvalue weighted by Crippen LogP contribution is 2.17. The zero-order chi connectivity index (χ0) is 19.1. The number of carbonyl (C=O) groups excluding carboxylic acids is 2. The molecule has 8 nitrogen and oxygen atoms in total. The van der Waals surface area contributed by atoms with Crippen molar-refractivity contribution in [2.75, 3.05) is 5.32 Å². The molecular formula is C18H16N2O6. The van der Waals surface area contributed by atoms with Gasteiger partial charge in [-0.05, 0) is 24.3 Å². The molecule has 0 spiro atoms. The molecule has 0 fully saturated rings. The third-order valence-corrected chi connectivity index (χ3v) is 3.44. The summed E-state index contributed by atoms with van der Waals surface area (Å²) in [6.45, 7) is 0. The van der Waals surface area contributed by atoms with Gasteiger partial charge in [0.25, 0.3) is 11.8 Å². The van der Waals surface area contributed by atoms with Gasteiger partial charge in [0.1, 0.15) is 6.04 Å². The van der Waals surface area contributed by atoms with Crippen LogP contribution in [-0.2, 0) is 9.59 Å². The molecule has 0 aliphatic carbocycles. The van der Waals surface area contributed by atoms with Gasteiger partial charge in [-0.2, -0.15) is 0 Å². The van der Waals surface area contributed by atoms with Gasteiger partial charge in [-0.3, -0.25) is 14.4 Å². The maximum atomic E-state index is 12.4. The third-order valence-electron chi connectivity index (χ3n) is 3.44. The van der Waals surface area contributed by atoms with Crippen LogP contribution in [0, 0.1) is 0 Å². The Labute approximate surface area is 148 Å². The fourth-order valence-electron chi connectivity index (χ4n) is 2.18. The summed E-state index contributed by atoms with van der Waals surface area (Å²) < 4.78 is 0. The van der Waals surface area contributed by atoms with E-state index in [0.717, 1.165) is 0 Å². The average Bonchev–Trinajstić information content (AvgIpc) is 2.61. The first kappa shape index (κ1) is 18.7. The monoisotopic (exact) mass is 356 g/mol. The predicted octanol–water partition coefficient (Wildman–Crippen LogP) is 1.60. The number of hydrogen-bond acceptors (Lipinski definition) is 4. The third kappa shape index (κ3) is 4.91. The van der Waals surface area contributed by atoms with E-state index in [1.165, 1.54) is 12.1 Å². The number of aliphatic carboxylic acids is 2. The molecule has 0 aliphatic rings. The van der Waals surface area contributed by atoms with E-state index in [4.69, 9.17) is 10.2 Å². The second-order valence-corrected chi connectivity index (χ2v) is 5.33. The Kier molecular flexibility index (Phi) is 6.05. The van der Waals surface area contributed by atoms with Crippen molar-refractivity contribution in [3.63, 3.8) is 0 Å². The summed E-state index contributed by atoms with van der Waals surface area (Å²) >= 11 is 0. The molecule has 0 saturated carbocycles. The van der Waals surface area contributed by atoms with Crippen molar-refractivity contribution in [1.29, 1.82) is 0 Å². The van der Waals surface area contributed by atoms with E-state index in [0.29, 0.717) is 5.56 Å². The Hall–Kier alpha value is -3.68. The van der Waals surface area contributed by atoms with Crippen LogP contribution in [0.2, 0.25) is 0 Å². The van der Waals surface area contributed by atoms with Gasteiger partial charge in [0.05, 0.1) is 17.7 Å². The Morgan fingerprint density at radius 3 is 2.08 bits per heavy atom. The molecular weight excluding hydrogens is 340 g/mol. The number of amides is 2. The van der Waals surface area contributed by atoms with Crippen molar-refractivity contribution < 1.29 is 29.4 Å². The molecule has 8 heteroatoms. The SMILES string of the molecule is O=C(O)C[C@@H](NC(=O)c1ccccc1NC(=O)c1ccccc1)C(=O)O. The van der Waals surface area contributed by atoms with E-state index < -0.39 is 36.2 Å². The molecule has 0 unspecified atom stereocenters. The topological polar surface area (TPSA) is 133 Å². The molecule has 1 atom stereocenters. The number of para-hydroxylation sites is 1. The minimum atomic E-state index is -1.59. The molecule has 2 rings (SSSR count). The maximum Gasteiger partial charge on any atom is 0.326 e. The van der Waals surface area contributed by atoms with Crippen molar-refractivity contribution in [2.24, 2.45) is 0 Å². The second-order valence-electron chi connectivity index (χ2n) is 5.33. The number of rotatable bonds is 7. The van der Waals surface area contributed by atoms with Crippen LogP contribution in [-0.4, -0.2) is 40.0 Å². The van der Waals surface area contributed by atoms with E-state index in [9.17, 15) is 19.2 Å². The van der Waals surface area contributed by atoms with Crippen molar-refractivity contribution in [1.82, 2.24) is 5.32 Å². The maximum absolute atomic E-state index is 12.4. The molecule has 0 aliphatic heterocycles. The summed E-state index contributed by atoms with van der Waals surface area (Å²) in [6, 6.07) is 12.8. The minimum Gasteiger partial charge on any atom is -0.481 e. The van der Waals surface area contributed by atoms with Gasteiger partial charge in [0.15, 0.2) is 0 Å². The smallest absolute Gasteiger partial charge is 0.326 e. The molecule has 0 bridgehead atoms. The summed E-state index contributed by atoms with van der Waals surface area (Å²) in [5.41, 5.74) is 0.587. The lowest BCUT2D eigenvalue weighted by atomic mass is 10.1. The molecule has 0 aromatic heterocycles. The van der Waals surface area contributed by atoms with Gasteiger partial charge in [-0.1, -0.05) is 30.3 Å². The number of carbonyl (C=O) groups is 4. The van der Waals surface area contributed by atoms with Crippen LogP contribution >= 0.6 is 0 Å². The molecule has 0 heterocycles. The quantitative estimate of drug-likeness (QED) is 0.595. The number of carboxylic acids is 2. The van der Waals surface area contributed by atoms with E-state index >= 15 is 0 Å². The summed E-state index contributed by atoms with van der Waals surface area (Å²) in [4.78, 5) is 46.4. The van der Waals surface area contributed by atoms with Crippen molar-refractivity contribution in [2.45, 2.75) is 12.5 Å². The fraction of sp³-hybridized carbons (Fsp3) is 0.111. The van der Waals surface area contributed by atoms with E-state index in [1.807, 2.05) is 0 Å². The molecule has 4 N–H and O–H groups in total. The lowest BCUT2D eigenvalue weighted by Crippen LogP contribution is -2.42. The first-order valence-corrected chi connectivity index (χ1v) is 7.59. The summed E-state index contributed by atoms with van der Waals surface area (Å²) in [5.74, 6) is -4.07. The van der Waals surface area contributed by atoms with E-state index in [1.54, 1.807) is 42.5 Å². The lowest BCUT2D eigenvalue weighted by molar-refractivity contribution is -0.145. The highest BCUT2D eigenvalue weighted by Gasteiger charge is 2.24. The van der Waals surface area contributed by atoms with Gasteiger partial charge < -0.3 is 20.8 Å². The van der Waals surface area contributed by atoms with E-state index in [-0.39, 0.29) is 11.3 Å². The van der Waals surface area contributed by atoms with Crippen LogP contribution in [0.5, 0.6) is 0 Å². The Balaban J connectivity index is 2.19. The predicted molar refractivity (Wildman–Crippen MR) is 92.0 cm³/mol. The van der Waals surface area contributed by atoms with Crippen LogP contribution in [0.3, 0.4) is 0 Å². The van der Waals surface area contributed by atoms with Gasteiger partial charge >= 0.3 is 11.9 Å². The Bertz CT molecular complexity index is 835. The van der Waals surface area contributed by atoms with Gasteiger partial charge in [0, 0.05) is 5.56 Å². The zero-order valence-electron chi connectivity index (χ0n) is 13.5. The minimum absolute atomic E-state index is 0.0217. The standard InChI is InChI=1S/C18H16N2O6/c21-15(22)10-14(18(25)26)20-17(24)12-8-4-5-9-13(12)19-16(23)11-6-2-1-3-7-11/h1-9,14H,10H2,(H,19,23)(H,20,24)(H,21,22)(H,25,26)/t14-/m1/s1.